The maximum Gasteiger partial charge on any atom is 0.322 e. The number of hydrogen-bond donors (Lipinski definition) is 1. The summed E-state index contributed by atoms with van der Waals surface area (Å²) in [5.74, 6) is 0.820. The molecule has 2 amide bonds. The molecule has 31 heavy (non-hydrogen) atoms. The highest BCUT2D eigenvalue weighted by molar-refractivity contribution is 5.90. The summed E-state index contributed by atoms with van der Waals surface area (Å²) >= 11 is 0. The number of anilines is 1. The van der Waals surface area contributed by atoms with Gasteiger partial charge in [-0.05, 0) is 69.8 Å². The van der Waals surface area contributed by atoms with E-state index in [2.05, 4.69) is 53.2 Å². The number of carbonyl (C=O) groups is 1. The van der Waals surface area contributed by atoms with Crippen molar-refractivity contribution in [3.8, 4) is 5.75 Å². The van der Waals surface area contributed by atoms with Crippen molar-refractivity contribution in [2.45, 2.75) is 38.4 Å². The van der Waals surface area contributed by atoms with E-state index in [0.29, 0.717) is 18.7 Å². The smallest absolute Gasteiger partial charge is 0.322 e. The molecule has 4 rings (SSSR count). The van der Waals surface area contributed by atoms with Crippen molar-refractivity contribution in [2.75, 3.05) is 45.7 Å². The monoisotopic (exact) mass is 422 g/mol. The van der Waals surface area contributed by atoms with Crippen LogP contribution in [0.3, 0.4) is 0 Å². The summed E-state index contributed by atoms with van der Waals surface area (Å²) in [4.78, 5) is 19.6. The summed E-state index contributed by atoms with van der Waals surface area (Å²) in [6, 6.07) is 17.3. The number of aryl methyl sites for hydroxylation is 1. The van der Waals surface area contributed by atoms with Crippen molar-refractivity contribution < 1.29 is 9.53 Å². The van der Waals surface area contributed by atoms with Gasteiger partial charge in [-0.1, -0.05) is 24.3 Å². The van der Waals surface area contributed by atoms with Crippen molar-refractivity contribution in [3.05, 3.63) is 59.7 Å². The van der Waals surface area contributed by atoms with Gasteiger partial charge < -0.3 is 19.9 Å². The number of rotatable bonds is 7. The Morgan fingerprint density at radius 2 is 1.87 bits per heavy atom. The first-order valence-corrected chi connectivity index (χ1v) is 11.2. The van der Waals surface area contributed by atoms with E-state index >= 15 is 0 Å². The molecule has 2 aromatic rings. The summed E-state index contributed by atoms with van der Waals surface area (Å²) in [7, 11) is 4.05. The van der Waals surface area contributed by atoms with E-state index in [4.69, 9.17) is 4.74 Å². The molecule has 0 saturated carbocycles. The SMILES string of the molecule is Cc1ccccc1C(C)N1CC2CC1CN2C(=O)Nc1ccc(OCCN(C)C)cc1. The molecule has 1 N–H and O–H groups in total. The Bertz CT molecular complexity index is 899. The van der Waals surface area contributed by atoms with E-state index in [9.17, 15) is 4.79 Å². The van der Waals surface area contributed by atoms with Crippen LogP contribution in [-0.4, -0.2) is 73.2 Å². The molecule has 0 radical (unpaired) electrons. The summed E-state index contributed by atoms with van der Waals surface area (Å²) in [5, 5.41) is 3.06. The van der Waals surface area contributed by atoms with Gasteiger partial charge in [-0.15, -0.1) is 0 Å². The molecule has 2 bridgehead atoms. The maximum absolute atomic E-state index is 12.9. The average molecular weight is 423 g/mol. The van der Waals surface area contributed by atoms with E-state index < -0.39 is 0 Å². The van der Waals surface area contributed by atoms with E-state index in [-0.39, 0.29) is 12.1 Å². The van der Waals surface area contributed by atoms with Gasteiger partial charge in [0.1, 0.15) is 12.4 Å². The summed E-state index contributed by atoms with van der Waals surface area (Å²) < 4.78 is 5.73. The lowest BCUT2D eigenvalue weighted by Crippen LogP contribution is -2.50. The van der Waals surface area contributed by atoms with Gasteiger partial charge in [0.05, 0.1) is 0 Å². The number of ether oxygens (including phenoxy) is 1. The average Bonchev–Trinajstić information content (AvgIpc) is 3.36. The predicted octanol–water partition coefficient (Wildman–Crippen LogP) is 3.99. The van der Waals surface area contributed by atoms with Gasteiger partial charge in [0.2, 0.25) is 0 Å². The number of likely N-dealkylation sites (N-methyl/N-ethyl adjacent to an activating group) is 1. The Balaban J connectivity index is 1.30. The third kappa shape index (κ3) is 4.86. The molecule has 2 fully saturated rings. The standard InChI is InChI=1S/C25H34N4O2/c1-18-7-5-6-8-24(18)19(2)28-16-22-15-21(28)17-29(22)25(30)26-20-9-11-23(12-10-20)31-14-13-27(3)4/h5-12,19,21-22H,13-17H2,1-4H3,(H,26,30). The van der Waals surface area contributed by atoms with Crippen molar-refractivity contribution in [1.29, 1.82) is 0 Å². The second-order valence-corrected chi connectivity index (χ2v) is 9.03. The molecule has 6 nitrogen and oxygen atoms in total. The first-order valence-electron chi connectivity index (χ1n) is 11.2. The molecule has 0 aliphatic carbocycles. The van der Waals surface area contributed by atoms with Crippen LogP contribution in [0.25, 0.3) is 0 Å². The molecule has 0 aromatic heterocycles. The molecular formula is C25H34N4O2. The lowest BCUT2D eigenvalue weighted by molar-refractivity contribution is 0.115. The molecule has 2 aliphatic heterocycles. The van der Waals surface area contributed by atoms with Crippen molar-refractivity contribution in [1.82, 2.24) is 14.7 Å². The Hall–Kier alpha value is -2.57. The summed E-state index contributed by atoms with van der Waals surface area (Å²) in [6.07, 6.45) is 1.06. The third-order valence-electron chi connectivity index (χ3n) is 6.59. The Morgan fingerprint density at radius 3 is 2.52 bits per heavy atom. The number of piperazine rings is 1. The second kappa shape index (κ2) is 9.28. The molecule has 6 heteroatoms. The van der Waals surface area contributed by atoms with Crippen LogP contribution in [0.4, 0.5) is 10.5 Å². The van der Waals surface area contributed by atoms with Gasteiger partial charge in [0, 0.05) is 43.4 Å². The zero-order valence-electron chi connectivity index (χ0n) is 19.0. The fourth-order valence-electron chi connectivity index (χ4n) is 4.83. The van der Waals surface area contributed by atoms with Crippen LogP contribution in [0.15, 0.2) is 48.5 Å². The van der Waals surface area contributed by atoms with Crippen LogP contribution < -0.4 is 10.1 Å². The van der Waals surface area contributed by atoms with Crippen LogP contribution >= 0.6 is 0 Å². The molecule has 3 atom stereocenters. The highest BCUT2D eigenvalue weighted by Gasteiger charge is 2.46. The lowest BCUT2D eigenvalue weighted by Gasteiger charge is -2.38. The fraction of sp³-hybridized carbons (Fsp3) is 0.480. The van der Waals surface area contributed by atoms with E-state index in [1.54, 1.807) is 0 Å². The zero-order chi connectivity index (χ0) is 22.0. The maximum atomic E-state index is 12.9. The quantitative estimate of drug-likeness (QED) is 0.733. The van der Waals surface area contributed by atoms with Crippen LogP contribution in [-0.2, 0) is 0 Å². The number of carbonyl (C=O) groups excluding carboxylic acids is 1. The van der Waals surface area contributed by atoms with Crippen LogP contribution in [0.2, 0.25) is 0 Å². The van der Waals surface area contributed by atoms with Gasteiger partial charge in [0.15, 0.2) is 0 Å². The predicted molar refractivity (Wildman–Crippen MR) is 125 cm³/mol. The topological polar surface area (TPSA) is 48.1 Å². The number of nitrogens with one attached hydrogen (secondary N) is 1. The molecular weight excluding hydrogens is 388 g/mol. The first kappa shape index (κ1) is 21.7. The molecule has 2 saturated heterocycles. The number of likely N-dealkylation sites (tertiary alicyclic amines) is 2. The number of hydrogen-bond acceptors (Lipinski definition) is 4. The highest BCUT2D eigenvalue weighted by Crippen LogP contribution is 2.37. The molecule has 166 valence electrons. The van der Waals surface area contributed by atoms with Gasteiger partial charge in [-0.3, -0.25) is 4.90 Å². The van der Waals surface area contributed by atoms with Gasteiger partial charge in [0.25, 0.3) is 0 Å². The molecule has 2 aliphatic rings. The fourth-order valence-corrected chi connectivity index (χ4v) is 4.83. The molecule has 2 heterocycles. The van der Waals surface area contributed by atoms with Gasteiger partial charge in [-0.2, -0.15) is 0 Å². The molecule has 2 aromatic carbocycles. The highest BCUT2D eigenvalue weighted by atomic mass is 16.5. The van der Waals surface area contributed by atoms with Gasteiger partial charge >= 0.3 is 6.03 Å². The van der Waals surface area contributed by atoms with Gasteiger partial charge in [-0.25, -0.2) is 4.79 Å². The number of nitrogens with zero attached hydrogens (tertiary/aromatic N) is 3. The number of urea groups is 1. The van der Waals surface area contributed by atoms with Crippen LogP contribution in [0, 0.1) is 6.92 Å². The Labute approximate surface area is 185 Å². The second-order valence-electron chi connectivity index (χ2n) is 9.03. The van der Waals surface area contributed by atoms with E-state index in [1.807, 2.05) is 43.3 Å². The Kier molecular flexibility index (Phi) is 6.49. The lowest BCUT2D eigenvalue weighted by atomic mass is 10.0. The molecule has 0 spiro atoms. The van der Waals surface area contributed by atoms with Crippen molar-refractivity contribution in [3.63, 3.8) is 0 Å². The number of amides is 2. The number of fused-ring (bicyclic) bond motifs is 2. The summed E-state index contributed by atoms with van der Waals surface area (Å²) in [5.41, 5.74) is 3.53. The number of benzene rings is 2. The minimum atomic E-state index is -0.00280. The minimum Gasteiger partial charge on any atom is -0.492 e. The molecule has 3 unspecified atom stereocenters. The van der Waals surface area contributed by atoms with Crippen molar-refractivity contribution >= 4 is 11.7 Å². The normalized spacial score (nSPS) is 21.5. The largest absolute Gasteiger partial charge is 0.492 e. The zero-order valence-corrected chi connectivity index (χ0v) is 19.0. The van der Waals surface area contributed by atoms with E-state index in [1.165, 1.54) is 11.1 Å². The van der Waals surface area contributed by atoms with Crippen LogP contribution in [0.1, 0.15) is 30.5 Å². The van der Waals surface area contributed by atoms with Crippen LogP contribution in [0.5, 0.6) is 5.75 Å². The third-order valence-corrected chi connectivity index (χ3v) is 6.59. The van der Waals surface area contributed by atoms with Crippen molar-refractivity contribution in [2.24, 2.45) is 0 Å². The van der Waals surface area contributed by atoms with E-state index in [0.717, 1.165) is 37.5 Å². The minimum absolute atomic E-state index is 0.00280. The first-order chi connectivity index (χ1) is 14.9. The summed E-state index contributed by atoms with van der Waals surface area (Å²) in [6.45, 7) is 7.71. The Morgan fingerprint density at radius 1 is 1.13 bits per heavy atom.